The second kappa shape index (κ2) is 5.02. The molecule has 0 radical (unpaired) electrons. The number of hydrogen-bond acceptors (Lipinski definition) is 3. The van der Waals surface area contributed by atoms with Crippen LogP contribution in [0.3, 0.4) is 0 Å². The fourth-order valence-corrected chi connectivity index (χ4v) is 1.94. The van der Waals surface area contributed by atoms with Crippen LogP contribution in [-0.2, 0) is 0 Å². The number of pyridine rings is 1. The summed E-state index contributed by atoms with van der Waals surface area (Å²) in [5, 5.41) is 9.73. The van der Waals surface area contributed by atoms with Crippen molar-refractivity contribution in [3.63, 3.8) is 0 Å². The SMILES string of the molecule is Cc1ccc(C#N)c(SCC(C)C)n1. The highest BCUT2D eigenvalue weighted by atomic mass is 32.2. The van der Waals surface area contributed by atoms with E-state index in [4.69, 9.17) is 5.26 Å². The average molecular weight is 206 g/mol. The summed E-state index contributed by atoms with van der Waals surface area (Å²) < 4.78 is 0. The van der Waals surface area contributed by atoms with Crippen LogP contribution in [-0.4, -0.2) is 10.7 Å². The van der Waals surface area contributed by atoms with Crippen molar-refractivity contribution in [2.75, 3.05) is 5.75 Å². The molecule has 1 rings (SSSR count). The predicted molar refractivity (Wildman–Crippen MR) is 59.3 cm³/mol. The fraction of sp³-hybridized carbons (Fsp3) is 0.455. The zero-order chi connectivity index (χ0) is 10.6. The average Bonchev–Trinajstić information content (AvgIpc) is 2.15. The number of nitriles is 1. The number of rotatable bonds is 3. The minimum absolute atomic E-state index is 0.619. The molecule has 0 atom stereocenters. The molecule has 0 aliphatic carbocycles. The monoisotopic (exact) mass is 206 g/mol. The highest BCUT2D eigenvalue weighted by Gasteiger charge is 2.05. The third-order valence-corrected chi connectivity index (χ3v) is 3.09. The summed E-state index contributed by atoms with van der Waals surface area (Å²) in [5.41, 5.74) is 1.65. The van der Waals surface area contributed by atoms with Gasteiger partial charge < -0.3 is 0 Å². The zero-order valence-corrected chi connectivity index (χ0v) is 9.56. The molecule has 0 spiro atoms. The summed E-state index contributed by atoms with van der Waals surface area (Å²) >= 11 is 1.66. The van der Waals surface area contributed by atoms with Gasteiger partial charge in [-0.25, -0.2) is 4.98 Å². The van der Waals surface area contributed by atoms with Gasteiger partial charge >= 0.3 is 0 Å². The van der Waals surface area contributed by atoms with Crippen LogP contribution < -0.4 is 0 Å². The Morgan fingerprint density at radius 3 is 2.79 bits per heavy atom. The quantitative estimate of drug-likeness (QED) is 0.713. The van der Waals surface area contributed by atoms with Crippen molar-refractivity contribution in [2.45, 2.75) is 25.8 Å². The van der Waals surface area contributed by atoms with E-state index in [-0.39, 0.29) is 0 Å². The molecule has 0 unspecified atom stereocenters. The van der Waals surface area contributed by atoms with Crippen LogP contribution in [0.5, 0.6) is 0 Å². The fourth-order valence-electron chi connectivity index (χ4n) is 0.974. The standard InChI is InChI=1S/C11H14N2S/c1-8(2)7-14-11-10(6-12)5-4-9(3)13-11/h4-5,8H,7H2,1-3H3. The minimum atomic E-state index is 0.619. The van der Waals surface area contributed by atoms with Crippen LogP contribution in [0.15, 0.2) is 17.2 Å². The Labute approximate surface area is 89.4 Å². The first-order chi connectivity index (χ1) is 6.63. The third kappa shape index (κ3) is 3.04. The lowest BCUT2D eigenvalue weighted by atomic mass is 10.3. The molecule has 0 saturated heterocycles. The van der Waals surface area contributed by atoms with Gasteiger partial charge in [0.1, 0.15) is 11.1 Å². The topological polar surface area (TPSA) is 36.7 Å². The van der Waals surface area contributed by atoms with E-state index in [0.717, 1.165) is 16.5 Å². The number of thioether (sulfide) groups is 1. The molecule has 1 aromatic heterocycles. The normalized spacial score (nSPS) is 10.2. The van der Waals surface area contributed by atoms with E-state index in [1.54, 1.807) is 11.8 Å². The summed E-state index contributed by atoms with van der Waals surface area (Å²) in [5.74, 6) is 1.62. The van der Waals surface area contributed by atoms with Gasteiger partial charge in [0.05, 0.1) is 5.56 Å². The van der Waals surface area contributed by atoms with E-state index in [9.17, 15) is 0 Å². The second-order valence-corrected chi connectivity index (χ2v) is 4.63. The van der Waals surface area contributed by atoms with Crippen molar-refractivity contribution in [3.05, 3.63) is 23.4 Å². The van der Waals surface area contributed by atoms with E-state index in [0.29, 0.717) is 11.5 Å². The molecule has 0 saturated carbocycles. The lowest BCUT2D eigenvalue weighted by molar-refractivity contribution is 0.749. The van der Waals surface area contributed by atoms with Gasteiger partial charge in [-0.3, -0.25) is 0 Å². The van der Waals surface area contributed by atoms with Gasteiger partial charge in [-0.05, 0) is 25.0 Å². The molecule has 74 valence electrons. The number of nitrogens with zero attached hydrogens (tertiary/aromatic N) is 2. The van der Waals surface area contributed by atoms with E-state index in [1.165, 1.54) is 0 Å². The molecule has 1 heterocycles. The Morgan fingerprint density at radius 1 is 1.50 bits per heavy atom. The van der Waals surface area contributed by atoms with Crippen molar-refractivity contribution in [2.24, 2.45) is 5.92 Å². The molecule has 14 heavy (non-hydrogen) atoms. The molecule has 0 aliphatic heterocycles. The molecule has 0 bridgehead atoms. The Morgan fingerprint density at radius 2 is 2.21 bits per heavy atom. The van der Waals surface area contributed by atoms with Crippen molar-refractivity contribution in [3.8, 4) is 6.07 Å². The van der Waals surface area contributed by atoms with E-state index in [1.807, 2.05) is 19.1 Å². The van der Waals surface area contributed by atoms with Crippen LogP contribution in [0.2, 0.25) is 0 Å². The van der Waals surface area contributed by atoms with Crippen LogP contribution in [0.25, 0.3) is 0 Å². The minimum Gasteiger partial charge on any atom is -0.245 e. The van der Waals surface area contributed by atoms with Crippen molar-refractivity contribution in [1.82, 2.24) is 4.98 Å². The number of hydrogen-bond donors (Lipinski definition) is 0. The van der Waals surface area contributed by atoms with Crippen LogP contribution in [0.1, 0.15) is 25.1 Å². The molecule has 3 heteroatoms. The summed E-state index contributed by atoms with van der Waals surface area (Å²) in [6.45, 7) is 6.27. The summed E-state index contributed by atoms with van der Waals surface area (Å²) in [4.78, 5) is 4.36. The molecule has 0 fully saturated rings. The van der Waals surface area contributed by atoms with Crippen LogP contribution in [0, 0.1) is 24.2 Å². The molecule has 2 nitrogen and oxygen atoms in total. The molecule has 0 aliphatic rings. The van der Waals surface area contributed by atoms with Gasteiger partial charge in [0.2, 0.25) is 0 Å². The van der Waals surface area contributed by atoms with Gasteiger partial charge in [0, 0.05) is 11.4 Å². The highest BCUT2D eigenvalue weighted by Crippen LogP contribution is 2.22. The highest BCUT2D eigenvalue weighted by molar-refractivity contribution is 7.99. The number of aryl methyl sites for hydroxylation is 1. The largest absolute Gasteiger partial charge is 0.245 e. The van der Waals surface area contributed by atoms with Gasteiger partial charge in [-0.2, -0.15) is 5.26 Å². The summed E-state index contributed by atoms with van der Waals surface area (Å²) in [7, 11) is 0. The Balaban J connectivity index is 2.84. The van der Waals surface area contributed by atoms with Crippen LogP contribution >= 0.6 is 11.8 Å². The van der Waals surface area contributed by atoms with Crippen LogP contribution in [0.4, 0.5) is 0 Å². The molecule has 0 amide bonds. The van der Waals surface area contributed by atoms with Crippen molar-refractivity contribution in [1.29, 1.82) is 5.26 Å². The van der Waals surface area contributed by atoms with Gasteiger partial charge in [0.25, 0.3) is 0 Å². The van der Waals surface area contributed by atoms with E-state index < -0.39 is 0 Å². The summed E-state index contributed by atoms with van der Waals surface area (Å²) in [6, 6.07) is 5.87. The lowest BCUT2D eigenvalue weighted by Crippen LogP contribution is -1.95. The molecule has 0 N–H and O–H groups in total. The first kappa shape index (κ1) is 11.1. The lowest BCUT2D eigenvalue weighted by Gasteiger charge is -2.05. The van der Waals surface area contributed by atoms with Gasteiger partial charge in [-0.1, -0.05) is 13.8 Å². The molecule has 0 aromatic carbocycles. The molecular formula is C11H14N2S. The zero-order valence-electron chi connectivity index (χ0n) is 8.74. The maximum Gasteiger partial charge on any atom is 0.114 e. The first-order valence-electron chi connectivity index (χ1n) is 4.64. The van der Waals surface area contributed by atoms with Gasteiger partial charge in [-0.15, -0.1) is 11.8 Å². The first-order valence-corrected chi connectivity index (χ1v) is 5.62. The predicted octanol–water partition coefficient (Wildman–Crippen LogP) is 3.01. The number of aromatic nitrogens is 1. The summed E-state index contributed by atoms with van der Waals surface area (Å²) in [6.07, 6.45) is 0. The third-order valence-electron chi connectivity index (χ3n) is 1.67. The maximum absolute atomic E-state index is 8.87. The second-order valence-electron chi connectivity index (χ2n) is 3.62. The Kier molecular flexibility index (Phi) is 3.97. The molecule has 1 aromatic rings. The van der Waals surface area contributed by atoms with Gasteiger partial charge in [0.15, 0.2) is 0 Å². The van der Waals surface area contributed by atoms with E-state index in [2.05, 4.69) is 24.9 Å². The Hall–Kier alpha value is -1.01. The maximum atomic E-state index is 8.87. The molecular weight excluding hydrogens is 192 g/mol. The van der Waals surface area contributed by atoms with E-state index >= 15 is 0 Å². The van der Waals surface area contributed by atoms with Crippen molar-refractivity contribution >= 4 is 11.8 Å². The Bertz CT molecular complexity index is 353. The van der Waals surface area contributed by atoms with Crippen molar-refractivity contribution < 1.29 is 0 Å². The smallest absolute Gasteiger partial charge is 0.114 e.